The van der Waals surface area contributed by atoms with Crippen LogP contribution in [0.2, 0.25) is 5.02 Å². The normalized spacial score (nSPS) is 23.2. The summed E-state index contributed by atoms with van der Waals surface area (Å²) < 4.78 is 0. The zero-order valence-corrected chi connectivity index (χ0v) is 17.0. The lowest BCUT2D eigenvalue weighted by molar-refractivity contribution is -0.126. The molecular formula is C24H19ClN2O3. The van der Waals surface area contributed by atoms with Crippen LogP contribution in [0, 0.1) is 12.8 Å². The van der Waals surface area contributed by atoms with Gasteiger partial charge in [0.2, 0.25) is 5.91 Å². The standard InChI is InChI=1S/C24H19ClN2O3/c1-15-11-13-16(14-12-15)21-20-22(30-27(21)17-7-3-2-4-8-17)24(29)26(23(20)28)19-10-6-5-9-18(19)25/h2-14,20-22H,1H3/t20-,21-,22+/m1/s1. The van der Waals surface area contributed by atoms with Crippen molar-refractivity contribution in [1.29, 1.82) is 0 Å². The van der Waals surface area contributed by atoms with E-state index in [1.54, 1.807) is 29.3 Å². The molecule has 6 heteroatoms. The molecule has 0 aliphatic carbocycles. The van der Waals surface area contributed by atoms with Crippen LogP contribution in [-0.4, -0.2) is 17.9 Å². The van der Waals surface area contributed by atoms with Crippen molar-refractivity contribution in [3.8, 4) is 0 Å². The van der Waals surface area contributed by atoms with Crippen LogP contribution < -0.4 is 9.96 Å². The third-order valence-corrected chi connectivity index (χ3v) is 5.96. The number of rotatable bonds is 3. The monoisotopic (exact) mass is 418 g/mol. The summed E-state index contributed by atoms with van der Waals surface area (Å²) in [5, 5.41) is 2.05. The number of carbonyl (C=O) groups is 2. The summed E-state index contributed by atoms with van der Waals surface area (Å²) >= 11 is 6.29. The van der Waals surface area contributed by atoms with Crippen LogP contribution in [0.5, 0.6) is 0 Å². The number of fused-ring (bicyclic) bond motifs is 1. The van der Waals surface area contributed by atoms with E-state index in [1.807, 2.05) is 61.5 Å². The fourth-order valence-electron chi connectivity index (χ4n) is 4.19. The topological polar surface area (TPSA) is 49.9 Å². The van der Waals surface area contributed by atoms with Crippen LogP contribution in [0.4, 0.5) is 11.4 Å². The van der Waals surface area contributed by atoms with Crippen LogP contribution in [0.15, 0.2) is 78.9 Å². The van der Waals surface area contributed by atoms with Gasteiger partial charge in [0.25, 0.3) is 5.91 Å². The Bertz CT molecular complexity index is 1120. The lowest BCUT2D eigenvalue weighted by Gasteiger charge is -2.29. The summed E-state index contributed by atoms with van der Waals surface area (Å²) in [6, 6.07) is 23.9. The van der Waals surface area contributed by atoms with E-state index < -0.39 is 24.0 Å². The summed E-state index contributed by atoms with van der Waals surface area (Å²) in [6.07, 6.45) is -0.903. The predicted octanol–water partition coefficient (Wildman–Crippen LogP) is 4.70. The molecular weight excluding hydrogens is 400 g/mol. The van der Waals surface area contributed by atoms with Gasteiger partial charge in [0, 0.05) is 0 Å². The van der Waals surface area contributed by atoms with Gasteiger partial charge in [0.1, 0.15) is 5.92 Å². The van der Waals surface area contributed by atoms with Gasteiger partial charge in [-0.2, -0.15) is 0 Å². The minimum atomic E-state index is -0.903. The Balaban J connectivity index is 1.60. The van der Waals surface area contributed by atoms with Gasteiger partial charge in [0.15, 0.2) is 6.10 Å². The van der Waals surface area contributed by atoms with E-state index in [0.29, 0.717) is 10.7 Å². The van der Waals surface area contributed by atoms with E-state index in [-0.39, 0.29) is 5.91 Å². The number of hydrogen-bond acceptors (Lipinski definition) is 4. The average molecular weight is 419 g/mol. The number of para-hydroxylation sites is 2. The van der Waals surface area contributed by atoms with Crippen molar-refractivity contribution in [1.82, 2.24) is 0 Å². The molecule has 3 aromatic carbocycles. The first-order valence-corrected chi connectivity index (χ1v) is 10.1. The van der Waals surface area contributed by atoms with Crippen LogP contribution in [-0.2, 0) is 14.4 Å². The van der Waals surface area contributed by atoms with Gasteiger partial charge in [-0.25, -0.2) is 9.96 Å². The second-order valence-corrected chi connectivity index (χ2v) is 7.94. The van der Waals surface area contributed by atoms with Crippen molar-refractivity contribution in [2.24, 2.45) is 5.92 Å². The summed E-state index contributed by atoms with van der Waals surface area (Å²) in [5.41, 5.74) is 3.22. The second kappa shape index (κ2) is 7.27. The van der Waals surface area contributed by atoms with Crippen LogP contribution in [0.3, 0.4) is 0 Å². The number of carbonyl (C=O) groups excluding carboxylic acids is 2. The Kier molecular flexibility index (Phi) is 4.57. The molecule has 3 aromatic rings. The van der Waals surface area contributed by atoms with Gasteiger partial charge in [-0.15, -0.1) is 0 Å². The fraction of sp³-hybridized carbons (Fsp3) is 0.167. The zero-order chi connectivity index (χ0) is 20.8. The molecule has 2 saturated heterocycles. The molecule has 5 nitrogen and oxygen atoms in total. The van der Waals surface area contributed by atoms with Crippen molar-refractivity contribution in [2.45, 2.75) is 19.1 Å². The Hall–Kier alpha value is -3.15. The van der Waals surface area contributed by atoms with Gasteiger partial charge >= 0.3 is 0 Å². The van der Waals surface area contributed by atoms with Crippen molar-refractivity contribution < 1.29 is 14.4 Å². The van der Waals surface area contributed by atoms with E-state index in [1.165, 1.54) is 4.90 Å². The molecule has 0 saturated carbocycles. The number of halogens is 1. The maximum absolute atomic E-state index is 13.5. The highest BCUT2D eigenvalue weighted by Gasteiger charge is 2.60. The molecule has 30 heavy (non-hydrogen) atoms. The molecule has 2 aliphatic rings. The van der Waals surface area contributed by atoms with Gasteiger partial charge < -0.3 is 0 Å². The highest BCUT2D eigenvalue weighted by atomic mass is 35.5. The van der Waals surface area contributed by atoms with Crippen molar-refractivity contribution in [3.63, 3.8) is 0 Å². The van der Waals surface area contributed by atoms with Gasteiger partial charge in [-0.05, 0) is 36.8 Å². The van der Waals surface area contributed by atoms with Gasteiger partial charge in [-0.3, -0.25) is 14.4 Å². The maximum Gasteiger partial charge on any atom is 0.266 e. The third-order valence-electron chi connectivity index (χ3n) is 5.64. The lowest BCUT2D eigenvalue weighted by atomic mass is 9.90. The Morgan fingerprint density at radius 2 is 1.50 bits per heavy atom. The minimum Gasteiger partial charge on any atom is -0.273 e. The summed E-state index contributed by atoms with van der Waals surface area (Å²) in [6.45, 7) is 2.01. The van der Waals surface area contributed by atoms with Crippen LogP contribution in [0.1, 0.15) is 17.2 Å². The van der Waals surface area contributed by atoms with Crippen LogP contribution in [0.25, 0.3) is 0 Å². The number of anilines is 2. The number of imide groups is 1. The Labute approximate surface area is 179 Å². The first-order valence-electron chi connectivity index (χ1n) is 9.76. The van der Waals surface area contributed by atoms with Gasteiger partial charge in [-0.1, -0.05) is 71.8 Å². The summed E-state index contributed by atoms with van der Waals surface area (Å²) in [4.78, 5) is 34.1. The zero-order valence-electron chi connectivity index (χ0n) is 16.2. The maximum atomic E-state index is 13.5. The predicted molar refractivity (Wildman–Crippen MR) is 115 cm³/mol. The lowest BCUT2D eigenvalue weighted by Crippen LogP contribution is -2.37. The molecule has 150 valence electrons. The van der Waals surface area contributed by atoms with Crippen molar-refractivity contribution in [2.75, 3.05) is 9.96 Å². The molecule has 0 unspecified atom stereocenters. The molecule has 2 heterocycles. The first-order chi connectivity index (χ1) is 14.6. The quantitative estimate of drug-likeness (QED) is 0.578. The molecule has 3 atom stereocenters. The largest absolute Gasteiger partial charge is 0.273 e. The molecule has 2 aliphatic heterocycles. The average Bonchev–Trinajstić information content (AvgIpc) is 3.26. The number of hydrogen-bond donors (Lipinski definition) is 0. The Morgan fingerprint density at radius 1 is 0.833 bits per heavy atom. The van der Waals surface area contributed by atoms with E-state index in [2.05, 4.69) is 0 Å². The molecule has 0 bridgehead atoms. The van der Waals surface area contributed by atoms with Crippen LogP contribution >= 0.6 is 11.6 Å². The van der Waals surface area contributed by atoms with E-state index >= 15 is 0 Å². The van der Waals surface area contributed by atoms with E-state index in [4.69, 9.17) is 16.4 Å². The van der Waals surface area contributed by atoms with Crippen molar-refractivity contribution >= 4 is 34.8 Å². The van der Waals surface area contributed by atoms with Crippen molar-refractivity contribution in [3.05, 3.63) is 95.0 Å². The highest BCUT2D eigenvalue weighted by Crippen LogP contribution is 2.48. The smallest absolute Gasteiger partial charge is 0.266 e. The summed E-state index contributed by atoms with van der Waals surface area (Å²) in [5.74, 6) is -1.37. The number of benzene rings is 3. The minimum absolute atomic E-state index is 0.304. The summed E-state index contributed by atoms with van der Waals surface area (Å²) in [7, 11) is 0. The highest BCUT2D eigenvalue weighted by molar-refractivity contribution is 6.36. The SMILES string of the molecule is Cc1ccc([C@@H]2[C@H]3C(=O)N(c4ccccc4Cl)C(=O)[C@H]3ON2c2ccccc2)cc1. The molecule has 0 radical (unpaired) electrons. The van der Waals surface area contributed by atoms with E-state index in [0.717, 1.165) is 16.8 Å². The molecule has 2 fully saturated rings. The third kappa shape index (κ3) is 2.90. The molecule has 2 amide bonds. The molecule has 5 rings (SSSR count). The Morgan fingerprint density at radius 3 is 2.20 bits per heavy atom. The second-order valence-electron chi connectivity index (χ2n) is 7.53. The number of nitrogens with zero attached hydrogens (tertiary/aromatic N) is 2. The first kappa shape index (κ1) is 18.9. The molecule has 0 spiro atoms. The number of aryl methyl sites for hydroxylation is 1. The number of amides is 2. The fourth-order valence-corrected chi connectivity index (χ4v) is 4.41. The van der Waals surface area contributed by atoms with E-state index in [9.17, 15) is 9.59 Å². The molecule has 0 N–H and O–H groups in total. The molecule has 0 aromatic heterocycles. The van der Waals surface area contributed by atoms with Gasteiger partial charge in [0.05, 0.1) is 22.4 Å². The number of hydroxylamine groups is 1.